The molecule has 30 heavy (non-hydrogen) atoms. The van der Waals surface area contributed by atoms with Gasteiger partial charge in [0.25, 0.3) is 5.95 Å². The number of rotatable bonds is 6. The first-order valence-corrected chi connectivity index (χ1v) is 10.4. The summed E-state index contributed by atoms with van der Waals surface area (Å²) in [5.41, 5.74) is 12.2. The highest BCUT2D eigenvalue weighted by molar-refractivity contribution is 6.31. The van der Waals surface area contributed by atoms with Crippen molar-refractivity contribution in [3.63, 3.8) is 0 Å². The topological polar surface area (TPSA) is 94.3 Å². The highest BCUT2D eigenvalue weighted by Crippen LogP contribution is 2.36. The minimum absolute atomic E-state index is 0.358. The molecule has 1 aliphatic rings. The predicted molar refractivity (Wildman–Crippen MR) is 121 cm³/mol. The molecule has 0 amide bonds. The molecular formula is C22H24ClN7. The van der Waals surface area contributed by atoms with Crippen molar-refractivity contribution in [2.75, 3.05) is 6.54 Å². The number of aliphatic imine (C=N–C) groups is 2. The molecule has 0 radical (unpaired) electrons. The number of nitrogens with zero attached hydrogens (tertiary/aromatic N) is 6. The summed E-state index contributed by atoms with van der Waals surface area (Å²) in [6.07, 6.45) is 6.48. The molecule has 0 saturated carbocycles. The van der Waals surface area contributed by atoms with Crippen LogP contribution in [0.5, 0.6) is 0 Å². The van der Waals surface area contributed by atoms with E-state index in [1.165, 1.54) is 0 Å². The first kappa shape index (κ1) is 20.2. The highest BCUT2D eigenvalue weighted by atomic mass is 35.5. The molecule has 1 aliphatic carbocycles. The molecule has 4 rings (SSSR count). The molecule has 0 saturated heterocycles. The lowest BCUT2D eigenvalue weighted by Gasteiger charge is -2.16. The van der Waals surface area contributed by atoms with Gasteiger partial charge in [-0.25, -0.2) is 9.97 Å². The van der Waals surface area contributed by atoms with E-state index in [2.05, 4.69) is 15.0 Å². The van der Waals surface area contributed by atoms with Crippen molar-refractivity contribution in [2.24, 2.45) is 22.8 Å². The molecule has 0 aliphatic heterocycles. The van der Waals surface area contributed by atoms with Gasteiger partial charge in [0.2, 0.25) is 0 Å². The Morgan fingerprint density at radius 3 is 2.93 bits per heavy atom. The maximum atomic E-state index is 6.41. The molecule has 0 fully saturated rings. The van der Waals surface area contributed by atoms with E-state index < -0.39 is 0 Å². The molecular weight excluding hydrogens is 398 g/mol. The lowest BCUT2D eigenvalue weighted by molar-refractivity contribution is 0.705. The quantitative estimate of drug-likeness (QED) is 0.485. The van der Waals surface area contributed by atoms with Crippen LogP contribution < -0.4 is 5.73 Å². The van der Waals surface area contributed by atoms with Crippen molar-refractivity contribution in [1.82, 2.24) is 19.7 Å². The summed E-state index contributed by atoms with van der Waals surface area (Å²) in [7, 11) is 1.97. The van der Waals surface area contributed by atoms with Gasteiger partial charge in [0.15, 0.2) is 0 Å². The van der Waals surface area contributed by atoms with E-state index in [0.29, 0.717) is 24.6 Å². The maximum Gasteiger partial charge on any atom is 0.251 e. The summed E-state index contributed by atoms with van der Waals surface area (Å²) in [6, 6.07) is 7.89. The Labute approximate surface area is 180 Å². The molecule has 3 aromatic rings. The average Bonchev–Trinajstić information content (AvgIpc) is 3.05. The van der Waals surface area contributed by atoms with Crippen molar-refractivity contribution >= 4 is 29.6 Å². The third kappa shape index (κ3) is 4.11. The van der Waals surface area contributed by atoms with Gasteiger partial charge in [-0.05, 0) is 37.0 Å². The van der Waals surface area contributed by atoms with Gasteiger partial charge in [0, 0.05) is 49.4 Å². The molecule has 0 spiro atoms. The first-order chi connectivity index (χ1) is 14.6. The predicted octanol–water partition coefficient (Wildman–Crippen LogP) is 3.69. The molecule has 0 unspecified atom stereocenters. The molecule has 2 heterocycles. The standard InChI is InChI=1S/C22H24ClN7/c1-3-25-11-10-19(24)27-22-26-13-15-8-9-17-20(21(15)28-22)18(30(2)29-17)12-14-6-4-5-7-16(14)23/h4-7,11,13H,3,8-10,12H2,1-2H3,(H2,24,26,27,28). The van der Waals surface area contributed by atoms with Crippen molar-refractivity contribution < 1.29 is 0 Å². The normalized spacial score (nSPS) is 13.5. The van der Waals surface area contributed by atoms with Gasteiger partial charge in [-0.2, -0.15) is 10.1 Å². The summed E-state index contributed by atoms with van der Waals surface area (Å²) >= 11 is 6.41. The second-order valence-corrected chi connectivity index (χ2v) is 7.60. The van der Waals surface area contributed by atoms with Crippen molar-refractivity contribution in [3.05, 3.63) is 58.0 Å². The molecule has 2 aromatic heterocycles. The molecule has 2 N–H and O–H groups in total. The lowest BCUT2D eigenvalue weighted by atomic mass is 9.91. The van der Waals surface area contributed by atoms with E-state index in [4.69, 9.17) is 27.4 Å². The third-order valence-corrected chi connectivity index (χ3v) is 5.50. The molecule has 0 bridgehead atoms. The van der Waals surface area contributed by atoms with Gasteiger partial charge < -0.3 is 5.73 Å². The number of aryl methyl sites for hydroxylation is 3. The number of nitrogens with two attached hydrogens (primary N) is 1. The molecule has 0 atom stereocenters. The zero-order valence-electron chi connectivity index (χ0n) is 17.1. The number of hydrogen-bond donors (Lipinski definition) is 1. The van der Waals surface area contributed by atoms with Gasteiger partial charge >= 0.3 is 0 Å². The largest absolute Gasteiger partial charge is 0.387 e. The maximum absolute atomic E-state index is 6.41. The summed E-state index contributed by atoms with van der Waals surface area (Å²) in [6.45, 7) is 2.70. The zero-order chi connectivity index (χ0) is 21.1. The van der Waals surface area contributed by atoms with Crippen LogP contribution in [0.15, 0.2) is 40.4 Å². The first-order valence-electron chi connectivity index (χ1n) is 10.0. The smallest absolute Gasteiger partial charge is 0.251 e. The lowest BCUT2D eigenvalue weighted by Crippen LogP contribution is -2.12. The van der Waals surface area contributed by atoms with Gasteiger partial charge in [-0.1, -0.05) is 29.8 Å². The van der Waals surface area contributed by atoms with Crippen LogP contribution in [0.3, 0.4) is 0 Å². The van der Waals surface area contributed by atoms with Gasteiger partial charge in [0.1, 0.15) is 5.84 Å². The summed E-state index contributed by atoms with van der Waals surface area (Å²) in [5, 5.41) is 5.50. The second-order valence-electron chi connectivity index (χ2n) is 7.19. The van der Waals surface area contributed by atoms with Crippen LogP contribution in [-0.2, 0) is 26.3 Å². The van der Waals surface area contributed by atoms with E-state index in [0.717, 1.165) is 58.2 Å². The minimum atomic E-state index is 0.358. The van der Waals surface area contributed by atoms with E-state index >= 15 is 0 Å². The summed E-state index contributed by atoms with van der Waals surface area (Å²) < 4.78 is 1.93. The van der Waals surface area contributed by atoms with Crippen LogP contribution in [0.4, 0.5) is 5.95 Å². The Balaban J connectivity index is 1.73. The van der Waals surface area contributed by atoms with E-state index in [1.54, 1.807) is 6.21 Å². The van der Waals surface area contributed by atoms with Crippen molar-refractivity contribution in [1.29, 1.82) is 0 Å². The SMILES string of the molecule is CCN=CCC(N)=Nc1ncc2c(n1)-c1c(nn(C)c1Cc1ccccc1Cl)CC2. The molecule has 8 heteroatoms. The Morgan fingerprint density at radius 2 is 2.13 bits per heavy atom. The summed E-state index contributed by atoms with van der Waals surface area (Å²) in [4.78, 5) is 17.7. The number of halogens is 1. The number of hydrogen-bond acceptors (Lipinski definition) is 5. The van der Waals surface area contributed by atoms with Crippen molar-refractivity contribution in [2.45, 2.75) is 32.6 Å². The monoisotopic (exact) mass is 421 g/mol. The number of amidine groups is 1. The number of benzene rings is 1. The van der Waals surface area contributed by atoms with Crippen molar-refractivity contribution in [3.8, 4) is 11.3 Å². The fourth-order valence-corrected chi connectivity index (χ4v) is 3.86. The Kier molecular flexibility index (Phi) is 5.90. The third-order valence-electron chi connectivity index (χ3n) is 5.13. The van der Waals surface area contributed by atoms with Crippen LogP contribution in [0.25, 0.3) is 11.3 Å². The van der Waals surface area contributed by atoms with Crippen LogP contribution in [-0.4, -0.2) is 38.3 Å². The van der Waals surface area contributed by atoms with E-state index in [1.807, 2.05) is 49.1 Å². The van der Waals surface area contributed by atoms with E-state index in [-0.39, 0.29) is 0 Å². The fourth-order valence-electron chi connectivity index (χ4n) is 3.66. The zero-order valence-corrected chi connectivity index (χ0v) is 17.9. The van der Waals surface area contributed by atoms with Crippen LogP contribution in [0.2, 0.25) is 5.02 Å². The van der Waals surface area contributed by atoms with Crippen LogP contribution >= 0.6 is 11.6 Å². The average molecular weight is 422 g/mol. The number of aromatic nitrogens is 4. The summed E-state index contributed by atoms with van der Waals surface area (Å²) in [5.74, 6) is 0.794. The molecule has 7 nitrogen and oxygen atoms in total. The molecule has 1 aromatic carbocycles. The Morgan fingerprint density at radius 1 is 1.30 bits per heavy atom. The fraction of sp³-hybridized carbons (Fsp3) is 0.318. The van der Waals surface area contributed by atoms with Crippen LogP contribution in [0.1, 0.15) is 35.9 Å². The Bertz CT molecular complexity index is 1130. The van der Waals surface area contributed by atoms with Gasteiger partial charge in [-0.15, -0.1) is 0 Å². The number of fused-ring (bicyclic) bond motifs is 3. The molecule has 154 valence electrons. The van der Waals surface area contributed by atoms with Crippen LogP contribution in [0, 0.1) is 0 Å². The highest BCUT2D eigenvalue weighted by Gasteiger charge is 2.26. The Hall–Kier alpha value is -3.06. The van der Waals surface area contributed by atoms with E-state index in [9.17, 15) is 0 Å². The van der Waals surface area contributed by atoms with Gasteiger partial charge in [0.05, 0.1) is 17.1 Å². The van der Waals surface area contributed by atoms with Gasteiger partial charge in [-0.3, -0.25) is 9.67 Å². The second kappa shape index (κ2) is 8.75. The minimum Gasteiger partial charge on any atom is -0.387 e.